The number of aromatic nitrogens is 4. The molecule has 3 aromatic rings. The molecule has 0 bridgehead atoms. The van der Waals surface area contributed by atoms with E-state index in [1.165, 1.54) is 6.20 Å². The van der Waals surface area contributed by atoms with E-state index in [4.69, 9.17) is 11.6 Å². The van der Waals surface area contributed by atoms with Crippen molar-refractivity contribution in [1.29, 1.82) is 0 Å². The minimum Gasteiger partial charge on any atom is -0.374 e. The lowest BCUT2D eigenvalue weighted by molar-refractivity contribution is 0.388. The van der Waals surface area contributed by atoms with Crippen molar-refractivity contribution in [3.8, 4) is 22.8 Å². The van der Waals surface area contributed by atoms with Crippen LogP contribution in [-0.4, -0.2) is 40.9 Å². The number of nitrogens with one attached hydrogen (secondary N) is 1. The van der Waals surface area contributed by atoms with Crippen LogP contribution < -0.4 is 10.7 Å². The lowest BCUT2D eigenvalue weighted by Gasteiger charge is -2.19. The van der Waals surface area contributed by atoms with Crippen LogP contribution in [0.5, 0.6) is 0 Å². The molecule has 0 unspecified atom stereocenters. The molecule has 3 aromatic heterocycles. The SMILES string of the molecule is C=Nc1cc(-c2noc(=O)[nH]2)nc(-c2cncc(Cl)c2)c1N(C)C. The Kier molecular flexibility index (Phi) is 4.13. The van der Waals surface area contributed by atoms with Crippen molar-refractivity contribution in [2.45, 2.75) is 0 Å². The van der Waals surface area contributed by atoms with Gasteiger partial charge in [-0.1, -0.05) is 16.8 Å². The van der Waals surface area contributed by atoms with Crippen LogP contribution in [-0.2, 0) is 0 Å². The molecule has 0 saturated carbocycles. The van der Waals surface area contributed by atoms with Crippen LogP contribution in [0.2, 0.25) is 5.02 Å². The van der Waals surface area contributed by atoms with Gasteiger partial charge in [-0.2, -0.15) is 0 Å². The summed E-state index contributed by atoms with van der Waals surface area (Å²) < 4.78 is 4.54. The zero-order valence-electron chi connectivity index (χ0n) is 12.9. The molecule has 0 saturated heterocycles. The molecule has 3 heterocycles. The summed E-state index contributed by atoms with van der Waals surface area (Å²) in [5.41, 5.74) is 2.99. The summed E-state index contributed by atoms with van der Waals surface area (Å²) in [6.45, 7) is 3.60. The number of pyridine rings is 2. The van der Waals surface area contributed by atoms with Crippen molar-refractivity contribution in [2.24, 2.45) is 4.99 Å². The van der Waals surface area contributed by atoms with E-state index in [0.717, 1.165) is 5.69 Å². The number of hydrogen-bond acceptors (Lipinski definition) is 7. The normalized spacial score (nSPS) is 10.6. The molecular formula is C15H13ClN6O2. The third-order valence-corrected chi connectivity index (χ3v) is 3.46. The minimum absolute atomic E-state index is 0.200. The summed E-state index contributed by atoms with van der Waals surface area (Å²) in [5.74, 6) is -0.464. The van der Waals surface area contributed by atoms with Gasteiger partial charge in [0.25, 0.3) is 0 Å². The molecule has 0 aromatic carbocycles. The van der Waals surface area contributed by atoms with Crippen molar-refractivity contribution >= 4 is 29.7 Å². The largest absolute Gasteiger partial charge is 0.439 e. The molecular weight excluding hydrogens is 332 g/mol. The molecule has 9 heteroatoms. The van der Waals surface area contributed by atoms with Gasteiger partial charge in [-0.15, -0.1) is 0 Å². The lowest BCUT2D eigenvalue weighted by atomic mass is 10.1. The number of nitrogens with zero attached hydrogens (tertiary/aromatic N) is 5. The van der Waals surface area contributed by atoms with E-state index in [1.54, 1.807) is 18.3 Å². The van der Waals surface area contributed by atoms with Gasteiger partial charge in [-0.25, -0.2) is 9.78 Å². The molecule has 0 aliphatic carbocycles. The van der Waals surface area contributed by atoms with Crippen molar-refractivity contribution in [1.82, 2.24) is 20.1 Å². The van der Waals surface area contributed by atoms with Gasteiger partial charge in [0.2, 0.25) is 5.82 Å². The average molecular weight is 345 g/mol. The van der Waals surface area contributed by atoms with Crippen molar-refractivity contribution in [3.05, 3.63) is 40.1 Å². The highest BCUT2D eigenvalue weighted by molar-refractivity contribution is 6.30. The van der Waals surface area contributed by atoms with E-state index in [-0.39, 0.29) is 5.82 Å². The van der Waals surface area contributed by atoms with Gasteiger partial charge in [0, 0.05) is 32.1 Å². The van der Waals surface area contributed by atoms with Gasteiger partial charge in [0.1, 0.15) is 5.69 Å². The lowest BCUT2D eigenvalue weighted by Crippen LogP contribution is -2.12. The number of H-pyrrole nitrogens is 1. The molecule has 0 atom stereocenters. The Morgan fingerprint density at radius 3 is 2.71 bits per heavy atom. The fourth-order valence-corrected chi connectivity index (χ4v) is 2.46. The molecule has 0 radical (unpaired) electrons. The maximum Gasteiger partial charge on any atom is 0.439 e. The van der Waals surface area contributed by atoms with E-state index >= 15 is 0 Å². The average Bonchev–Trinajstić information content (AvgIpc) is 3.00. The number of halogens is 1. The minimum atomic E-state index is -0.664. The predicted molar refractivity (Wildman–Crippen MR) is 92.1 cm³/mol. The second kappa shape index (κ2) is 6.25. The summed E-state index contributed by atoms with van der Waals surface area (Å²) in [5, 5.41) is 4.14. The first kappa shape index (κ1) is 15.9. The molecule has 3 rings (SSSR count). The number of rotatable bonds is 4. The predicted octanol–water partition coefficient (Wildman–Crippen LogP) is 2.54. The van der Waals surface area contributed by atoms with Crippen LogP contribution in [0.4, 0.5) is 11.4 Å². The second-order valence-electron chi connectivity index (χ2n) is 5.11. The summed E-state index contributed by atoms with van der Waals surface area (Å²) >= 11 is 6.05. The van der Waals surface area contributed by atoms with Crippen molar-refractivity contribution in [2.75, 3.05) is 19.0 Å². The van der Waals surface area contributed by atoms with Crippen LogP contribution in [0.15, 0.2) is 38.8 Å². The quantitative estimate of drug-likeness (QED) is 0.730. The van der Waals surface area contributed by atoms with Gasteiger partial charge < -0.3 is 4.90 Å². The van der Waals surface area contributed by atoms with E-state index in [1.807, 2.05) is 19.0 Å². The highest BCUT2D eigenvalue weighted by Gasteiger charge is 2.18. The molecule has 0 aliphatic rings. The summed E-state index contributed by atoms with van der Waals surface area (Å²) in [6.07, 6.45) is 3.18. The fourth-order valence-electron chi connectivity index (χ4n) is 2.29. The van der Waals surface area contributed by atoms with E-state index in [0.29, 0.717) is 27.7 Å². The van der Waals surface area contributed by atoms with E-state index in [2.05, 4.69) is 36.3 Å². The Morgan fingerprint density at radius 2 is 2.12 bits per heavy atom. The fraction of sp³-hybridized carbons (Fsp3) is 0.133. The zero-order valence-corrected chi connectivity index (χ0v) is 13.7. The Balaban J connectivity index is 2.31. The van der Waals surface area contributed by atoms with Crippen LogP contribution in [0.25, 0.3) is 22.8 Å². The third kappa shape index (κ3) is 2.91. The van der Waals surface area contributed by atoms with Gasteiger partial charge in [0.05, 0.1) is 22.1 Å². The van der Waals surface area contributed by atoms with Crippen LogP contribution >= 0.6 is 11.6 Å². The monoisotopic (exact) mass is 344 g/mol. The number of aromatic amines is 1. The molecule has 8 nitrogen and oxygen atoms in total. The highest BCUT2D eigenvalue weighted by Crippen LogP contribution is 2.38. The first-order chi connectivity index (χ1) is 11.5. The third-order valence-electron chi connectivity index (χ3n) is 3.25. The highest BCUT2D eigenvalue weighted by atomic mass is 35.5. The molecule has 24 heavy (non-hydrogen) atoms. The Morgan fingerprint density at radius 1 is 1.33 bits per heavy atom. The number of aliphatic imine (C=N–C) groups is 1. The molecule has 1 N–H and O–H groups in total. The van der Waals surface area contributed by atoms with Gasteiger partial charge in [-0.05, 0) is 18.9 Å². The van der Waals surface area contributed by atoms with Gasteiger partial charge in [0.15, 0.2) is 0 Å². The summed E-state index contributed by atoms with van der Waals surface area (Å²) in [6, 6.07) is 3.41. The molecule has 0 amide bonds. The summed E-state index contributed by atoms with van der Waals surface area (Å²) in [7, 11) is 3.73. The van der Waals surface area contributed by atoms with E-state index in [9.17, 15) is 4.79 Å². The smallest absolute Gasteiger partial charge is 0.374 e. The molecule has 0 spiro atoms. The van der Waals surface area contributed by atoms with Crippen molar-refractivity contribution in [3.63, 3.8) is 0 Å². The standard InChI is InChI=1S/C15H13ClN6O2/c1-17-10-5-11(14-20-15(23)24-21-14)19-12(13(10)22(2)3)8-4-9(16)7-18-6-8/h4-7H,1H2,2-3H3,(H,20,21,23). The Hall–Kier alpha value is -3.00. The molecule has 0 aliphatic heterocycles. The van der Waals surface area contributed by atoms with Crippen molar-refractivity contribution < 1.29 is 4.52 Å². The number of anilines is 1. The first-order valence-corrected chi connectivity index (χ1v) is 7.23. The maximum absolute atomic E-state index is 11.2. The second-order valence-corrected chi connectivity index (χ2v) is 5.55. The van der Waals surface area contributed by atoms with Crippen LogP contribution in [0, 0.1) is 0 Å². The van der Waals surface area contributed by atoms with E-state index < -0.39 is 5.76 Å². The molecule has 0 fully saturated rings. The molecule has 122 valence electrons. The topological polar surface area (TPSA) is 100 Å². The van der Waals surface area contributed by atoms with Crippen LogP contribution in [0.1, 0.15) is 0 Å². The summed E-state index contributed by atoms with van der Waals surface area (Å²) in [4.78, 5) is 28.3. The Bertz CT molecular complexity index is 963. The van der Waals surface area contributed by atoms with Gasteiger partial charge in [-0.3, -0.25) is 19.5 Å². The Labute approximate surface area is 141 Å². The first-order valence-electron chi connectivity index (χ1n) is 6.86. The zero-order chi connectivity index (χ0) is 17.3. The number of hydrogen-bond donors (Lipinski definition) is 1. The van der Waals surface area contributed by atoms with Crippen LogP contribution in [0.3, 0.4) is 0 Å². The van der Waals surface area contributed by atoms with Gasteiger partial charge >= 0.3 is 5.76 Å². The maximum atomic E-state index is 11.2.